The number of nitrogens with one attached hydrogen (secondary N) is 1. The Morgan fingerprint density at radius 2 is 1.59 bits per heavy atom. The van der Waals surface area contributed by atoms with Crippen molar-refractivity contribution < 1.29 is 14.3 Å². The van der Waals surface area contributed by atoms with E-state index in [0.717, 1.165) is 43.7 Å². The number of ether oxygens (including phenoxy) is 2. The number of anilines is 1. The first-order valence-electron chi connectivity index (χ1n) is 11.6. The molecule has 1 saturated carbocycles. The summed E-state index contributed by atoms with van der Waals surface area (Å²) in [4.78, 5) is 15.5. The third-order valence-corrected chi connectivity index (χ3v) is 6.23. The first-order chi connectivity index (χ1) is 14.2. The van der Waals surface area contributed by atoms with Crippen molar-refractivity contribution in [1.82, 2.24) is 4.90 Å². The Bertz CT molecular complexity index is 601. The lowest BCUT2D eigenvalue weighted by molar-refractivity contribution is -0.143. The number of hydrogen-bond acceptors (Lipinski definition) is 4. The van der Waals surface area contributed by atoms with Crippen molar-refractivity contribution >= 4 is 11.6 Å². The van der Waals surface area contributed by atoms with Gasteiger partial charge in [-0.05, 0) is 70.0 Å². The second-order valence-electron chi connectivity index (χ2n) is 8.42. The van der Waals surface area contributed by atoms with Gasteiger partial charge >= 0.3 is 0 Å². The maximum Gasteiger partial charge on any atom is 0.256 e. The largest absolute Gasteiger partial charge is 0.492 e. The lowest BCUT2D eigenvalue weighted by atomic mass is 9.93. The Morgan fingerprint density at radius 1 is 0.966 bits per heavy atom. The molecule has 3 rings (SSSR count). The normalized spacial score (nSPS) is 20.4. The van der Waals surface area contributed by atoms with Gasteiger partial charge in [-0.1, -0.05) is 38.5 Å². The van der Waals surface area contributed by atoms with E-state index in [1.807, 2.05) is 31.2 Å². The maximum atomic E-state index is 13.0. The van der Waals surface area contributed by atoms with Gasteiger partial charge in [0.05, 0.1) is 0 Å². The molecule has 5 heteroatoms. The van der Waals surface area contributed by atoms with Gasteiger partial charge in [0.2, 0.25) is 0 Å². The zero-order chi connectivity index (χ0) is 20.4. The molecule has 2 aliphatic rings. The standard InChI is InChI=1S/C24H38N2O3/c1-2-29-24(15-7-3-4-8-16-24)23(27)25-21-11-13-22(14-12-21)28-20-19-26-17-9-5-6-10-18-26/h11-14H,2-10,15-20H2,1H3,(H,25,27). The van der Waals surface area contributed by atoms with Gasteiger partial charge in [-0.15, -0.1) is 0 Å². The third-order valence-electron chi connectivity index (χ3n) is 6.23. The van der Waals surface area contributed by atoms with Crippen LogP contribution in [0, 0.1) is 0 Å². The zero-order valence-electron chi connectivity index (χ0n) is 18.1. The molecule has 0 spiro atoms. The highest BCUT2D eigenvalue weighted by atomic mass is 16.5. The van der Waals surface area contributed by atoms with Crippen molar-refractivity contribution in [3.8, 4) is 5.75 Å². The summed E-state index contributed by atoms with van der Waals surface area (Å²) >= 11 is 0. The Morgan fingerprint density at radius 3 is 2.21 bits per heavy atom. The van der Waals surface area contributed by atoms with Crippen LogP contribution >= 0.6 is 0 Å². The van der Waals surface area contributed by atoms with Crippen LogP contribution in [0.25, 0.3) is 0 Å². The van der Waals surface area contributed by atoms with E-state index in [-0.39, 0.29) is 5.91 Å². The van der Waals surface area contributed by atoms with E-state index in [1.54, 1.807) is 0 Å². The van der Waals surface area contributed by atoms with Gasteiger partial charge in [-0.2, -0.15) is 0 Å². The van der Waals surface area contributed by atoms with Crippen LogP contribution in [0.15, 0.2) is 24.3 Å². The Kier molecular flexibility index (Phi) is 8.81. The van der Waals surface area contributed by atoms with E-state index in [1.165, 1.54) is 51.6 Å². The Hall–Kier alpha value is -1.59. The van der Waals surface area contributed by atoms with Crippen LogP contribution in [0.1, 0.15) is 71.1 Å². The zero-order valence-corrected chi connectivity index (χ0v) is 18.1. The highest BCUT2D eigenvalue weighted by Gasteiger charge is 2.39. The van der Waals surface area contributed by atoms with Gasteiger partial charge in [0, 0.05) is 18.8 Å². The molecule has 1 aliphatic heterocycles. The fourth-order valence-corrected chi connectivity index (χ4v) is 4.54. The Balaban J connectivity index is 1.49. The molecular weight excluding hydrogens is 364 g/mol. The number of carbonyl (C=O) groups excluding carboxylic acids is 1. The molecule has 162 valence electrons. The highest BCUT2D eigenvalue weighted by Crippen LogP contribution is 2.32. The Labute approximate surface area is 176 Å². The first-order valence-corrected chi connectivity index (χ1v) is 11.6. The number of hydrogen-bond donors (Lipinski definition) is 1. The number of amides is 1. The average Bonchev–Trinajstić information content (AvgIpc) is 3.13. The van der Waals surface area contributed by atoms with E-state index in [2.05, 4.69) is 10.2 Å². The van der Waals surface area contributed by atoms with Gasteiger partial charge in [0.1, 0.15) is 18.0 Å². The van der Waals surface area contributed by atoms with Crippen molar-refractivity contribution in [3.05, 3.63) is 24.3 Å². The molecule has 0 radical (unpaired) electrons. The van der Waals surface area contributed by atoms with Crippen LogP contribution in [0.2, 0.25) is 0 Å². The van der Waals surface area contributed by atoms with Crippen molar-refractivity contribution in [3.63, 3.8) is 0 Å². The van der Waals surface area contributed by atoms with Gasteiger partial charge in [0.15, 0.2) is 0 Å². The molecule has 0 atom stereocenters. The van der Waals surface area contributed by atoms with E-state index < -0.39 is 5.60 Å². The molecule has 1 amide bonds. The van der Waals surface area contributed by atoms with Crippen LogP contribution in [-0.2, 0) is 9.53 Å². The van der Waals surface area contributed by atoms with E-state index in [4.69, 9.17) is 9.47 Å². The molecule has 0 aromatic heterocycles. The number of likely N-dealkylation sites (tertiary alicyclic amines) is 1. The molecular formula is C24H38N2O3. The summed E-state index contributed by atoms with van der Waals surface area (Å²) < 4.78 is 11.9. The topological polar surface area (TPSA) is 50.8 Å². The molecule has 0 bridgehead atoms. The van der Waals surface area contributed by atoms with Crippen molar-refractivity contribution in [2.75, 3.05) is 38.2 Å². The van der Waals surface area contributed by atoms with Gasteiger partial charge in [-0.3, -0.25) is 9.69 Å². The molecule has 1 heterocycles. The van der Waals surface area contributed by atoms with Crippen LogP contribution in [-0.4, -0.2) is 49.3 Å². The molecule has 1 saturated heterocycles. The summed E-state index contributed by atoms with van der Waals surface area (Å²) in [5.41, 5.74) is 0.131. The van der Waals surface area contributed by atoms with E-state index in [0.29, 0.717) is 13.2 Å². The third kappa shape index (κ3) is 6.71. The molecule has 1 aromatic carbocycles. The van der Waals surface area contributed by atoms with Crippen molar-refractivity contribution in [2.24, 2.45) is 0 Å². The summed E-state index contributed by atoms with van der Waals surface area (Å²) in [5, 5.41) is 3.08. The van der Waals surface area contributed by atoms with Crippen LogP contribution in [0.5, 0.6) is 5.75 Å². The summed E-state index contributed by atoms with van der Waals surface area (Å²) in [5.74, 6) is 0.850. The summed E-state index contributed by atoms with van der Waals surface area (Å²) in [6.45, 7) is 6.61. The fraction of sp³-hybridized carbons (Fsp3) is 0.708. The SMILES string of the molecule is CCOC1(C(=O)Nc2ccc(OCCN3CCCCCC3)cc2)CCCCCC1. The predicted octanol–water partition coefficient (Wildman–Crippen LogP) is 5.01. The van der Waals surface area contributed by atoms with E-state index >= 15 is 0 Å². The first kappa shape index (κ1) is 22.1. The molecule has 2 fully saturated rings. The second-order valence-corrected chi connectivity index (χ2v) is 8.42. The van der Waals surface area contributed by atoms with Crippen molar-refractivity contribution in [1.29, 1.82) is 0 Å². The minimum atomic E-state index is -0.673. The van der Waals surface area contributed by atoms with Crippen LogP contribution < -0.4 is 10.1 Å². The number of benzene rings is 1. The summed E-state index contributed by atoms with van der Waals surface area (Å²) in [7, 11) is 0. The quantitative estimate of drug-likeness (QED) is 0.621. The van der Waals surface area contributed by atoms with Crippen LogP contribution in [0.4, 0.5) is 5.69 Å². The van der Waals surface area contributed by atoms with Crippen LogP contribution in [0.3, 0.4) is 0 Å². The lowest BCUT2D eigenvalue weighted by Crippen LogP contribution is -2.45. The highest BCUT2D eigenvalue weighted by molar-refractivity contribution is 5.97. The van der Waals surface area contributed by atoms with E-state index in [9.17, 15) is 4.79 Å². The lowest BCUT2D eigenvalue weighted by Gasteiger charge is -2.31. The predicted molar refractivity (Wildman–Crippen MR) is 118 cm³/mol. The number of nitrogens with zero attached hydrogens (tertiary/aromatic N) is 1. The van der Waals surface area contributed by atoms with Gasteiger partial charge < -0.3 is 14.8 Å². The molecule has 1 N–H and O–H groups in total. The maximum absolute atomic E-state index is 13.0. The summed E-state index contributed by atoms with van der Waals surface area (Å²) in [6.07, 6.45) is 11.4. The van der Waals surface area contributed by atoms with Gasteiger partial charge in [-0.25, -0.2) is 0 Å². The summed E-state index contributed by atoms with van der Waals surface area (Å²) in [6, 6.07) is 7.74. The molecule has 1 aliphatic carbocycles. The molecule has 0 unspecified atom stereocenters. The van der Waals surface area contributed by atoms with Gasteiger partial charge in [0.25, 0.3) is 5.91 Å². The minimum Gasteiger partial charge on any atom is -0.492 e. The minimum absolute atomic E-state index is 0.00363. The van der Waals surface area contributed by atoms with Crippen molar-refractivity contribution in [2.45, 2.75) is 76.7 Å². The number of rotatable bonds is 8. The number of carbonyl (C=O) groups is 1. The molecule has 29 heavy (non-hydrogen) atoms. The molecule has 1 aromatic rings. The smallest absolute Gasteiger partial charge is 0.256 e. The average molecular weight is 403 g/mol. The monoisotopic (exact) mass is 402 g/mol. The second kappa shape index (κ2) is 11.6. The fourth-order valence-electron chi connectivity index (χ4n) is 4.54. The molecule has 5 nitrogen and oxygen atoms in total.